The van der Waals surface area contributed by atoms with Crippen LogP contribution in [0.25, 0.3) is 0 Å². The van der Waals surface area contributed by atoms with Crippen molar-refractivity contribution < 1.29 is 18.7 Å². The summed E-state index contributed by atoms with van der Waals surface area (Å²) in [5.74, 6) is -1.23. The fourth-order valence-electron chi connectivity index (χ4n) is 2.85. The van der Waals surface area contributed by atoms with Gasteiger partial charge < -0.3 is 21.1 Å². The van der Waals surface area contributed by atoms with Crippen LogP contribution in [-0.4, -0.2) is 34.9 Å². The van der Waals surface area contributed by atoms with Crippen LogP contribution in [0.1, 0.15) is 54.2 Å². The molecule has 31 heavy (non-hydrogen) atoms. The number of amides is 3. The highest BCUT2D eigenvalue weighted by Crippen LogP contribution is 2.31. The molecule has 3 amide bonds. The third-order valence-corrected chi connectivity index (χ3v) is 5.09. The van der Waals surface area contributed by atoms with E-state index >= 15 is 0 Å². The molecule has 0 saturated heterocycles. The first-order valence-electron chi connectivity index (χ1n) is 9.95. The van der Waals surface area contributed by atoms with Gasteiger partial charge in [0, 0.05) is 17.6 Å². The molecule has 170 valence electrons. The van der Waals surface area contributed by atoms with Crippen LogP contribution in [0.3, 0.4) is 0 Å². The number of nitrogens with two attached hydrogens (primary N) is 1. The van der Waals surface area contributed by atoms with E-state index in [0.717, 1.165) is 35.6 Å². The Morgan fingerprint density at radius 3 is 2.55 bits per heavy atom. The molecule has 0 aliphatic rings. The molecule has 0 bridgehead atoms. The minimum atomic E-state index is -0.797. The van der Waals surface area contributed by atoms with Gasteiger partial charge in [-0.3, -0.25) is 10.1 Å². The number of aromatic nitrogens is 1. The molecule has 0 atom stereocenters. The molecule has 0 saturated carbocycles. The van der Waals surface area contributed by atoms with E-state index in [4.69, 9.17) is 10.5 Å². The Balaban J connectivity index is 1.97. The number of hydrogen-bond acceptors (Lipinski definition) is 6. The number of hydrogen-bond donors (Lipinski definition) is 4. The molecular formula is C21H30FN5O3S. The lowest BCUT2D eigenvalue weighted by molar-refractivity contribution is 0.0996. The van der Waals surface area contributed by atoms with Gasteiger partial charge in [0.15, 0.2) is 0 Å². The Kier molecular flexibility index (Phi) is 8.35. The zero-order valence-electron chi connectivity index (χ0n) is 18.5. The number of halogens is 1. The SMILES string of the molecule is Cc1cc(C)c(COc2nsc(NC(=O)NCCCNC(C)(C)C)c2C(N)=O)c(F)c1. The second kappa shape index (κ2) is 10.5. The molecule has 0 aliphatic heterocycles. The quantitative estimate of drug-likeness (QED) is 0.435. The molecule has 0 aliphatic carbocycles. The number of carbonyl (C=O) groups excluding carboxylic acids is 2. The molecule has 1 aromatic heterocycles. The van der Waals surface area contributed by atoms with E-state index in [0.29, 0.717) is 12.1 Å². The molecule has 2 aromatic rings. The van der Waals surface area contributed by atoms with Crippen LogP contribution in [0.4, 0.5) is 14.2 Å². The molecule has 0 radical (unpaired) electrons. The number of rotatable bonds is 9. The summed E-state index contributed by atoms with van der Waals surface area (Å²) >= 11 is 0.872. The van der Waals surface area contributed by atoms with Crippen molar-refractivity contribution in [3.8, 4) is 5.88 Å². The van der Waals surface area contributed by atoms with Gasteiger partial charge in [-0.2, -0.15) is 4.37 Å². The lowest BCUT2D eigenvalue weighted by Crippen LogP contribution is -2.38. The Hall–Kier alpha value is -2.72. The fraction of sp³-hybridized carbons (Fsp3) is 0.476. The van der Waals surface area contributed by atoms with E-state index < -0.39 is 17.8 Å². The van der Waals surface area contributed by atoms with Gasteiger partial charge in [-0.1, -0.05) is 6.07 Å². The molecule has 1 aromatic carbocycles. The van der Waals surface area contributed by atoms with Crippen LogP contribution >= 0.6 is 11.5 Å². The maximum atomic E-state index is 14.2. The van der Waals surface area contributed by atoms with Gasteiger partial charge in [0.2, 0.25) is 5.88 Å². The molecule has 0 spiro atoms. The lowest BCUT2D eigenvalue weighted by atomic mass is 10.1. The highest BCUT2D eigenvalue weighted by molar-refractivity contribution is 7.11. The first-order valence-corrected chi connectivity index (χ1v) is 10.7. The molecule has 5 N–H and O–H groups in total. The third kappa shape index (κ3) is 7.48. The second-order valence-corrected chi connectivity index (χ2v) is 9.07. The summed E-state index contributed by atoms with van der Waals surface area (Å²) in [4.78, 5) is 24.1. The van der Waals surface area contributed by atoms with Crippen molar-refractivity contribution in [1.82, 2.24) is 15.0 Å². The maximum absolute atomic E-state index is 14.2. The average Bonchev–Trinajstić information content (AvgIpc) is 3.02. The van der Waals surface area contributed by atoms with Gasteiger partial charge in [-0.15, -0.1) is 0 Å². The van der Waals surface area contributed by atoms with Crippen molar-refractivity contribution in [3.63, 3.8) is 0 Å². The summed E-state index contributed by atoms with van der Waals surface area (Å²) in [6.07, 6.45) is 0.742. The third-order valence-electron chi connectivity index (χ3n) is 4.34. The highest BCUT2D eigenvalue weighted by atomic mass is 32.1. The number of ether oxygens (including phenoxy) is 1. The number of nitrogens with one attached hydrogen (secondary N) is 3. The van der Waals surface area contributed by atoms with Gasteiger partial charge in [-0.25, -0.2) is 9.18 Å². The normalized spacial score (nSPS) is 11.3. The number of nitrogens with zero attached hydrogens (tertiary/aromatic N) is 1. The number of aryl methyl sites for hydroxylation is 2. The van der Waals surface area contributed by atoms with Gasteiger partial charge in [-0.05, 0) is 76.3 Å². The molecule has 1 heterocycles. The van der Waals surface area contributed by atoms with Crippen LogP contribution in [0, 0.1) is 19.7 Å². The standard InChI is InChI=1S/C21H30FN5O3S/c1-12-9-13(2)14(15(22)10-12)11-30-18-16(17(23)28)19(31-27-18)26-20(29)24-7-6-8-25-21(3,4)5/h9-10,25H,6-8,11H2,1-5H3,(H2,23,28)(H2,24,26,29). The van der Waals surface area contributed by atoms with Crippen LogP contribution < -0.4 is 26.4 Å². The number of urea groups is 1. The van der Waals surface area contributed by atoms with Crippen LogP contribution in [0.15, 0.2) is 12.1 Å². The first-order chi connectivity index (χ1) is 14.5. The minimum Gasteiger partial charge on any atom is -0.471 e. The van der Waals surface area contributed by atoms with Crippen molar-refractivity contribution in [2.24, 2.45) is 5.73 Å². The first kappa shape index (κ1) is 24.5. The molecule has 8 nitrogen and oxygen atoms in total. The van der Waals surface area contributed by atoms with E-state index in [-0.39, 0.29) is 28.6 Å². The maximum Gasteiger partial charge on any atom is 0.319 e. The van der Waals surface area contributed by atoms with Gasteiger partial charge >= 0.3 is 6.03 Å². The summed E-state index contributed by atoms with van der Waals surface area (Å²) in [5.41, 5.74) is 7.33. The molecule has 2 rings (SSSR count). The Bertz CT molecular complexity index is 917. The van der Waals surface area contributed by atoms with Crippen molar-refractivity contribution in [2.75, 3.05) is 18.4 Å². The largest absolute Gasteiger partial charge is 0.471 e. The van der Waals surface area contributed by atoms with Crippen LogP contribution in [0.5, 0.6) is 5.88 Å². The van der Waals surface area contributed by atoms with E-state index in [1.807, 2.05) is 6.07 Å². The highest BCUT2D eigenvalue weighted by Gasteiger charge is 2.22. The topological polar surface area (TPSA) is 118 Å². The van der Waals surface area contributed by atoms with Crippen molar-refractivity contribution >= 4 is 28.5 Å². The number of primary amides is 1. The summed E-state index contributed by atoms with van der Waals surface area (Å²) in [7, 11) is 0. The van der Waals surface area contributed by atoms with Crippen LogP contribution in [-0.2, 0) is 6.61 Å². The smallest absolute Gasteiger partial charge is 0.319 e. The monoisotopic (exact) mass is 451 g/mol. The summed E-state index contributed by atoms with van der Waals surface area (Å²) in [6, 6.07) is 2.77. The Labute approximate surface area is 185 Å². The predicted octanol–water partition coefficient (Wildman–Crippen LogP) is 3.48. The number of benzene rings is 1. The molecule has 0 fully saturated rings. The number of carbonyl (C=O) groups is 2. The van der Waals surface area contributed by atoms with E-state index in [9.17, 15) is 14.0 Å². The zero-order chi connectivity index (χ0) is 23.2. The van der Waals surface area contributed by atoms with E-state index in [1.54, 1.807) is 13.8 Å². The molecular weight excluding hydrogens is 421 g/mol. The Morgan fingerprint density at radius 1 is 1.23 bits per heavy atom. The van der Waals surface area contributed by atoms with Gasteiger partial charge in [0.1, 0.15) is 23.0 Å². The Morgan fingerprint density at radius 2 is 1.94 bits per heavy atom. The minimum absolute atomic E-state index is 0.0116. The van der Waals surface area contributed by atoms with Crippen molar-refractivity contribution in [2.45, 2.75) is 53.2 Å². The summed E-state index contributed by atoms with van der Waals surface area (Å²) < 4.78 is 23.9. The van der Waals surface area contributed by atoms with Gasteiger partial charge in [0.05, 0.1) is 0 Å². The lowest BCUT2D eigenvalue weighted by Gasteiger charge is -2.20. The predicted molar refractivity (Wildman–Crippen MR) is 120 cm³/mol. The van der Waals surface area contributed by atoms with Gasteiger partial charge in [0.25, 0.3) is 5.91 Å². The summed E-state index contributed by atoms with van der Waals surface area (Å²) in [5, 5.41) is 8.80. The zero-order valence-corrected chi connectivity index (χ0v) is 19.3. The van der Waals surface area contributed by atoms with Crippen molar-refractivity contribution in [3.05, 3.63) is 40.2 Å². The molecule has 0 unspecified atom stereocenters. The molecule has 10 heteroatoms. The van der Waals surface area contributed by atoms with Crippen LogP contribution in [0.2, 0.25) is 0 Å². The average molecular weight is 452 g/mol. The second-order valence-electron chi connectivity index (χ2n) is 8.30. The fourth-order valence-corrected chi connectivity index (χ4v) is 3.58. The van der Waals surface area contributed by atoms with Crippen molar-refractivity contribution in [1.29, 1.82) is 0 Å². The number of anilines is 1. The summed E-state index contributed by atoms with van der Waals surface area (Å²) in [6.45, 7) is 10.9. The van der Waals surface area contributed by atoms with E-state index in [1.165, 1.54) is 6.07 Å². The van der Waals surface area contributed by atoms with E-state index in [2.05, 4.69) is 41.1 Å².